The largest absolute Gasteiger partial charge is 0.457 e. The number of nitrogens with zero attached hydrogens (tertiary/aromatic N) is 7. The highest BCUT2D eigenvalue weighted by molar-refractivity contribution is 5.97. The molecule has 3 N–H and O–H groups in total. The van der Waals surface area contributed by atoms with Crippen LogP contribution in [0.1, 0.15) is 45.6 Å². The lowest BCUT2D eigenvalue weighted by Gasteiger charge is -2.40. The van der Waals surface area contributed by atoms with Gasteiger partial charge < -0.3 is 20.5 Å². The summed E-state index contributed by atoms with van der Waals surface area (Å²) in [6.45, 7) is 6.13. The molecule has 2 aromatic heterocycles. The van der Waals surface area contributed by atoms with Crippen molar-refractivity contribution < 1.29 is 14.6 Å². The number of aliphatic hydroxyl groups excluding tert-OH is 1. The second-order valence-corrected chi connectivity index (χ2v) is 12.4. The van der Waals surface area contributed by atoms with Gasteiger partial charge in [0, 0.05) is 37.8 Å². The summed E-state index contributed by atoms with van der Waals surface area (Å²) >= 11 is 0. The van der Waals surface area contributed by atoms with Crippen molar-refractivity contribution in [2.24, 2.45) is 0 Å². The van der Waals surface area contributed by atoms with Crippen LogP contribution in [-0.4, -0.2) is 77.7 Å². The average molecular weight is 623 g/mol. The molecule has 2 aliphatic rings. The zero-order valence-corrected chi connectivity index (χ0v) is 26.0. The van der Waals surface area contributed by atoms with Crippen molar-refractivity contribution in [3.05, 3.63) is 83.1 Å². The van der Waals surface area contributed by atoms with E-state index in [0.29, 0.717) is 80.2 Å². The van der Waals surface area contributed by atoms with E-state index in [1.807, 2.05) is 44.2 Å². The second-order valence-electron chi connectivity index (χ2n) is 12.4. The number of rotatable bonds is 7. The van der Waals surface area contributed by atoms with E-state index in [1.54, 1.807) is 39.8 Å². The molecule has 12 heteroatoms. The highest BCUT2D eigenvalue weighted by Crippen LogP contribution is 2.30. The molecule has 1 amide bonds. The molecule has 2 fully saturated rings. The van der Waals surface area contributed by atoms with E-state index >= 15 is 0 Å². The maximum atomic E-state index is 14.0. The molecule has 0 atom stereocenters. The van der Waals surface area contributed by atoms with Gasteiger partial charge in [0.1, 0.15) is 35.0 Å². The van der Waals surface area contributed by atoms with Crippen molar-refractivity contribution in [2.75, 3.05) is 31.9 Å². The number of hydrogen-bond acceptors (Lipinski definition) is 9. The van der Waals surface area contributed by atoms with Crippen molar-refractivity contribution in [1.82, 2.24) is 28.9 Å². The summed E-state index contributed by atoms with van der Waals surface area (Å²) in [4.78, 5) is 40.0. The second kappa shape index (κ2) is 12.8. The monoisotopic (exact) mass is 622 g/mol. The number of imidazole rings is 1. The lowest BCUT2D eigenvalue weighted by atomic mass is 9.94. The summed E-state index contributed by atoms with van der Waals surface area (Å²) in [5.74, 6) is 1.20. The van der Waals surface area contributed by atoms with Crippen LogP contribution in [0.15, 0.2) is 77.4 Å². The van der Waals surface area contributed by atoms with Crippen molar-refractivity contribution in [3.8, 4) is 23.3 Å². The molecule has 0 unspecified atom stereocenters. The van der Waals surface area contributed by atoms with E-state index in [9.17, 15) is 20.0 Å². The summed E-state index contributed by atoms with van der Waals surface area (Å²) in [7, 11) is 0. The zero-order chi connectivity index (χ0) is 32.4. The van der Waals surface area contributed by atoms with Crippen LogP contribution in [-0.2, 0) is 4.79 Å². The molecule has 46 heavy (non-hydrogen) atoms. The number of carbonyl (C=O) groups excluding carboxylic acids is 1. The van der Waals surface area contributed by atoms with E-state index in [0.717, 1.165) is 0 Å². The van der Waals surface area contributed by atoms with Gasteiger partial charge in [-0.05, 0) is 82.0 Å². The molecule has 12 nitrogen and oxygen atoms in total. The highest BCUT2D eigenvalue weighted by atomic mass is 16.5. The van der Waals surface area contributed by atoms with Gasteiger partial charge in [-0.25, -0.2) is 14.8 Å². The smallest absolute Gasteiger partial charge is 0.335 e. The quantitative estimate of drug-likeness (QED) is 0.231. The van der Waals surface area contributed by atoms with Crippen LogP contribution in [0.3, 0.4) is 0 Å². The van der Waals surface area contributed by atoms with Crippen LogP contribution in [0.25, 0.3) is 16.9 Å². The molecule has 238 valence electrons. The lowest BCUT2D eigenvalue weighted by molar-refractivity contribution is -0.128. The standard InChI is InChI=1S/C34H38N8O4/c1-34(2,40-18-14-26(43)15-19-40)20-23(21-35)32(44)39-16-12-25(13-17-39)42-31-29(30(36)37-22-38-31)41(33(42)45)24-8-10-28(11-9-24)46-27-6-4-3-5-7-27/h3-11,20,22,25-26,43H,12-19H2,1-2H3,(H2,36,37,38). The highest BCUT2D eigenvalue weighted by Gasteiger charge is 2.33. The first kappa shape index (κ1) is 31.0. The number of carbonyl (C=O) groups is 1. The number of anilines is 1. The minimum atomic E-state index is -0.514. The fourth-order valence-electron chi connectivity index (χ4n) is 6.45. The van der Waals surface area contributed by atoms with Gasteiger partial charge in [0.05, 0.1) is 11.8 Å². The SMILES string of the molecule is CC(C)(C=C(C#N)C(=O)N1CCC(n2c(=O)n(-c3ccc(Oc4ccccc4)cc3)c3c(N)ncnc32)CC1)N1CCC(O)CC1. The zero-order valence-electron chi connectivity index (χ0n) is 26.0. The predicted octanol–water partition coefficient (Wildman–Crippen LogP) is 3.81. The Kier molecular flexibility index (Phi) is 8.62. The number of fused-ring (bicyclic) bond motifs is 1. The molecule has 0 bridgehead atoms. The number of likely N-dealkylation sites (tertiary alicyclic amines) is 2. The number of nitrogens with two attached hydrogens (primary N) is 1. The van der Waals surface area contributed by atoms with Gasteiger partial charge in [-0.2, -0.15) is 5.26 Å². The number of hydrogen-bond donors (Lipinski definition) is 2. The summed E-state index contributed by atoms with van der Waals surface area (Å²) in [6, 6.07) is 18.5. The molecule has 0 spiro atoms. The number of para-hydroxylation sites is 1. The third-order valence-electron chi connectivity index (χ3n) is 9.00. The molecule has 0 radical (unpaired) electrons. The van der Waals surface area contributed by atoms with Crippen LogP contribution in [0.2, 0.25) is 0 Å². The molecule has 0 aliphatic carbocycles. The molecule has 2 aromatic carbocycles. The normalized spacial score (nSPS) is 17.3. The first-order valence-corrected chi connectivity index (χ1v) is 15.6. The molecule has 0 saturated carbocycles. The Morgan fingerprint density at radius 1 is 1.00 bits per heavy atom. The third kappa shape index (κ3) is 6.11. The maximum Gasteiger partial charge on any atom is 0.335 e. The van der Waals surface area contributed by atoms with Gasteiger partial charge in [-0.1, -0.05) is 18.2 Å². The number of ether oxygens (including phenoxy) is 1. The van der Waals surface area contributed by atoms with Crippen LogP contribution in [0.4, 0.5) is 5.82 Å². The van der Waals surface area contributed by atoms with Crippen LogP contribution in [0.5, 0.6) is 11.5 Å². The number of nitriles is 1. The fourth-order valence-corrected chi connectivity index (χ4v) is 6.45. The summed E-state index contributed by atoms with van der Waals surface area (Å²) in [6.07, 6.45) is 5.13. The van der Waals surface area contributed by atoms with Gasteiger partial charge in [0.2, 0.25) is 0 Å². The maximum absolute atomic E-state index is 14.0. The van der Waals surface area contributed by atoms with Crippen molar-refractivity contribution in [3.63, 3.8) is 0 Å². The van der Waals surface area contributed by atoms with Crippen LogP contribution in [0, 0.1) is 11.3 Å². The molecular weight excluding hydrogens is 584 g/mol. The van der Waals surface area contributed by atoms with Gasteiger partial charge >= 0.3 is 5.69 Å². The number of aromatic nitrogens is 4. The summed E-state index contributed by atoms with van der Waals surface area (Å²) in [5, 5.41) is 19.8. The third-order valence-corrected chi connectivity index (χ3v) is 9.00. The summed E-state index contributed by atoms with van der Waals surface area (Å²) < 4.78 is 9.09. The first-order chi connectivity index (χ1) is 22.2. The van der Waals surface area contributed by atoms with Crippen molar-refractivity contribution >= 4 is 22.9 Å². The Balaban J connectivity index is 1.22. The number of aliphatic hydroxyl groups is 1. The van der Waals surface area contributed by atoms with Gasteiger partial charge in [-0.15, -0.1) is 0 Å². The molecule has 6 rings (SSSR count). The number of piperidine rings is 2. The van der Waals surface area contributed by atoms with E-state index < -0.39 is 5.54 Å². The minimum Gasteiger partial charge on any atom is -0.457 e. The minimum absolute atomic E-state index is 0.101. The lowest BCUT2D eigenvalue weighted by Crippen LogP contribution is -2.48. The van der Waals surface area contributed by atoms with Gasteiger partial charge in [-0.3, -0.25) is 18.8 Å². The Hall–Kier alpha value is -4.99. The first-order valence-electron chi connectivity index (χ1n) is 15.6. The van der Waals surface area contributed by atoms with Crippen molar-refractivity contribution in [2.45, 2.75) is 57.2 Å². The van der Waals surface area contributed by atoms with Gasteiger partial charge in [0.15, 0.2) is 11.5 Å². The van der Waals surface area contributed by atoms with E-state index in [-0.39, 0.29) is 35.1 Å². The number of amides is 1. The Morgan fingerprint density at radius 2 is 1.65 bits per heavy atom. The molecule has 2 saturated heterocycles. The summed E-state index contributed by atoms with van der Waals surface area (Å²) in [5.41, 5.74) is 7.04. The molecule has 4 heterocycles. The molecule has 2 aliphatic heterocycles. The average Bonchev–Trinajstić information content (AvgIpc) is 3.37. The molecular formula is C34H38N8O4. The van der Waals surface area contributed by atoms with Crippen molar-refractivity contribution in [1.29, 1.82) is 5.26 Å². The van der Waals surface area contributed by atoms with E-state index in [2.05, 4.69) is 20.9 Å². The van der Waals surface area contributed by atoms with Gasteiger partial charge in [0.25, 0.3) is 5.91 Å². The Bertz CT molecular complexity index is 1840. The Labute approximate surface area is 267 Å². The Morgan fingerprint density at radius 3 is 2.30 bits per heavy atom. The van der Waals surface area contributed by atoms with E-state index in [4.69, 9.17) is 10.5 Å². The van der Waals surface area contributed by atoms with E-state index in [1.165, 1.54) is 10.9 Å². The molecule has 4 aromatic rings. The topological polar surface area (TPSA) is 156 Å². The fraction of sp³-hybridized carbons (Fsp3) is 0.382. The number of benzene rings is 2. The predicted molar refractivity (Wildman–Crippen MR) is 173 cm³/mol. The number of nitrogen functional groups attached to an aromatic ring is 1. The van der Waals surface area contributed by atoms with Crippen LogP contribution < -0.4 is 16.2 Å². The van der Waals surface area contributed by atoms with Crippen LogP contribution >= 0.6 is 0 Å².